The largest absolute Gasteiger partial charge is 0.465 e. The molecule has 3 aromatic rings. The zero-order chi connectivity index (χ0) is 21.2. The molecule has 0 aliphatic carbocycles. The molecule has 8 heteroatoms. The fraction of sp³-hybridized carbons (Fsp3) is 0.0870. The van der Waals surface area contributed by atoms with Gasteiger partial charge in [0.15, 0.2) is 11.3 Å². The van der Waals surface area contributed by atoms with Crippen LogP contribution >= 0.6 is 23.4 Å². The molecule has 1 amide bonds. The fourth-order valence-corrected chi connectivity index (χ4v) is 4.51. The van der Waals surface area contributed by atoms with Crippen LogP contribution in [0.15, 0.2) is 87.5 Å². The standard InChI is InChI=1S/C23H17ClN4O2S/c24-18-9-3-1-6-15(18)14-31-23-26-22(29)21-17-8-2-4-10-19(17)25-20(28(21)27-23)12-11-16-7-5-13-30-16/h1-13,20H,14H2,(H,26,27,29)/b12-11+/t20-/m1/s1. The quantitative estimate of drug-likeness (QED) is 0.664. The number of nitrogens with zero attached hydrogens (tertiary/aromatic N) is 3. The summed E-state index contributed by atoms with van der Waals surface area (Å²) in [7, 11) is 0. The van der Waals surface area contributed by atoms with Gasteiger partial charge < -0.3 is 4.42 Å². The maximum absolute atomic E-state index is 13.1. The lowest BCUT2D eigenvalue weighted by Gasteiger charge is -2.32. The second-order valence-corrected chi connectivity index (χ2v) is 8.24. The predicted molar refractivity (Wildman–Crippen MR) is 122 cm³/mol. The van der Waals surface area contributed by atoms with E-state index in [1.54, 1.807) is 11.3 Å². The molecule has 0 saturated heterocycles. The minimum absolute atomic E-state index is 0.213. The highest BCUT2D eigenvalue weighted by atomic mass is 35.5. The molecule has 0 unspecified atom stereocenters. The minimum Gasteiger partial charge on any atom is -0.465 e. The first-order chi connectivity index (χ1) is 15.2. The third-order valence-electron chi connectivity index (χ3n) is 4.84. The van der Waals surface area contributed by atoms with Gasteiger partial charge in [-0.1, -0.05) is 59.8 Å². The van der Waals surface area contributed by atoms with Crippen molar-refractivity contribution in [3.8, 4) is 0 Å². The highest BCUT2D eigenvalue weighted by Gasteiger charge is 2.32. The number of halogens is 1. The van der Waals surface area contributed by atoms with Gasteiger partial charge in [-0.25, -0.2) is 5.01 Å². The van der Waals surface area contributed by atoms with E-state index in [9.17, 15) is 4.79 Å². The first-order valence-corrected chi connectivity index (χ1v) is 11.0. The molecular formula is C23H17ClN4O2S. The van der Waals surface area contributed by atoms with E-state index >= 15 is 0 Å². The smallest absolute Gasteiger partial charge is 0.276 e. The zero-order valence-corrected chi connectivity index (χ0v) is 17.8. The molecule has 0 radical (unpaired) electrons. The maximum Gasteiger partial charge on any atom is 0.276 e. The number of furan rings is 1. The van der Waals surface area contributed by atoms with E-state index in [1.165, 1.54) is 11.8 Å². The molecule has 2 aliphatic heterocycles. The number of amides is 1. The zero-order valence-electron chi connectivity index (χ0n) is 16.2. The van der Waals surface area contributed by atoms with Crippen molar-refractivity contribution in [2.75, 3.05) is 0 Å². The van der Waals surface area contributed by atoms with Crippen molar-refractivity contribution in [3.63, 3.8) is 0 Å². The van der Waals surface area contributed by atoms with Crippen molar-refractivity contribution < 1.29 is 9.21 Å². The van der Waals surface area contributed by atoms with Gasteiger partial charge in [-0.15, -0.1) is 5.10 Å². The normalized spacial score (nSPS) is 17.6. The van der Waals surface area contributed by atoms with E-state index < -0.39 is 6.17 Å². The molecule has 3 heterocycles. The van der Waals surface area contributed by atoms with Crippen LogP contribution in [0.5, 0.6) is 0 Å². The Balaban J connectivity index is 1.51. The van der Waals surface area contributed by atoms with E-state index in [-0.39, 0.29) is 5.91 Å². The van der Waals surface area contributed by atoms with E-state index in [4.69, 9.17) is 26.1 Å². The molecule has 31 heavy (non-hydrogen) atoms. The van der Waals surface area contributed by atoms with Crippen LogP contribution in [0.3, 0.4) is 0 Å². The van der Waals surface area contributed by atoms with Crippen LogP contribution in [0.1, 0.15) is 11.3 Å². The Labute approximate surface area is 187 Å². The van der Waals surface area contributed by atoms with Gasteiger partial charge in [0.2, 0.25) is 0 Å². The van der Waals surface area contributed by atoms with Gasteiger partial charge in [0.05, 0.1) is 11.6 Å². The second-order valence-electron chi connectivity index (χ2n) is 6.87. The van der Waals surface area contributed by atoms with Gasteiger partial charge in [-0.2, -0.15) is 0 Å². The van der Waals surface area contributed by atoms with Crippen molar-refractivity contribution in [1.29, 1.82) is 0 Å². The Bertz CT molecular complexity index is 1320. The van der Waals surface area contributed by atoms with Gasteiger partial charge in [0.25, 0.3) is 5.91 Å². The summed E-state index contributed by atoms with van der Waals surface area (Å²) < 4.78 is 5.39. The Hall–Kier alpha value is -3.29. The van der Waals surface area contributed by atoms with E-state index in [2.05, 4.69) is 5.32 Å². The number of hydrogen-bond acceptors (Lipinski definition) is 6. The van der Waals surface area contributed by atoms with Gasteiger partial charge in [0.1, 0.15) is 11.5 Å². The number of thioether (sulfide) groups is 1. The van der Waals surface area contributed by atoms with Crippen molar-refractivity contribution in [3.05, 3.63) is 99.9 Å². The summed E-state index contributed by atoms with van der Waals surface area (Å²) >= 11 is 7.68. The minimum atomic E-state index is -0.475. The number of carbonyl (C=O) groups excluding carboxylic acids is 1. The molecule has 0 spiro atoms. The highest BCUT2D eigenvalue weighted by molar-refractivity contribution is 8.13. The molecule has 0 bridgehead atoms. The Morgan fingerprint density at radius 2 is 1.97 bits per heavy atom. The number of amidine groups is 1. The van der Waals surface area contributed by atoms with Crippen LogP contribution in [0.25, 0.3) is 11.8 Å². The van der Waals surface area contributed by atoms with Crippen molar-refractivity contribution >= 4 is 46.2 Å². The molecule has 1 aromatic heterocycles. The number of para-hydroxylation sites is 1. The SMILES string of the molecule is O=C1NC(SCc2ccccc2Cl)=NN2C1=c1ccccc1=N[C@H]2/C=C/c1ccco1. The molecule has 2 aliphatic rings. The molecule has 0 fully saturated rings. The number of benzene rings is 2. The fourth-order valence-electron chi connectivity index (χ4n) is 3.37. The van der Waals surface area contributed by atoms with Gasteiger partial charge in [-0.3, -0.25) is 15.1 Å². The highest BCUT2D eigenvalue weighted by Crippen LogP contribution is 2.25. The molecule has 1 atom stereocenters. The predicted octanol–water partition coefficient (Wildman–Crippen LogP) is 3.35. The second kappa shape index (κ2) is 8.45. The summed E-state index contributed by atoms with van der Waals surface area (Å²) in [5, 5.41) is 12.0. The van der Waals surface area contributed by atoms with Crippen LogP contribution in [-0.2, 0) is 10.5 Å². The number of rotatable bonds is 4. The van der Waals surface area contributed by atoms with Gasteiger partial charge in [-0.05, 0) is 42.0 Å². The number of fused-ring (bicyclic) bond motifs is 2. The number of nitrogens with one attached hydrogen (secondary N) is 1. The van der Waals surface area contributed by atoms with Gasteiger partial charge >= 0.3 is 0 Å². The average Bonchev–Trinajstić information content (AvgIpc) is 3.30. The summed E-state index contributed by atoms with van der Waals surface area (Å²) in [4.78, 5) is 17.9. The first-order valence-electron chi connectivity index (χ1n) is 9.63. The average molecular weight is 449 g/mol. The van der Waals surface area contributed by atoms with E-state index in [0.29, 0.717) is 27.4 Å². The van der Waals surface area contributed by atoms with Crippen LogP contribution in [0, 0.1) is 0 Å². The summed E-state index contributed by atoms with van der Waals surface area (Å²) in [6.45, 7) is 0. The molecular weight excluding hydrogens is 432 g/mol. The Morgan fingerprint density at radius 3 is 2.81 bits per heavy atom. The van der Waals surface area contributed by atoms with Crippen LogP contribution < -0.4 is 15.9 Å². The summed E-state index contributed by atoms with van der Waals surface area (Å²) in [6.07, 6.45) is 4.84. The molecule has 1 N–H and O–H groups in total. The maximum atomic E-state index is 13.1. The Kier molecular flexibility index (Phi) is 5.36. The number of hydrazone groups is 1. The Morgan fingerprint density at radius 1 is 1.13 bits per heavy atom. The summed E-state index contributed by atoms with van der Waals surface area (Å²) in [5.41, 5.74) is 1.45. The number of carbonyl (C=O) groups is 1. The van der Waals surface area contributed by atoms with Crippen LogP contribution in [-0.4, -0.2) is 22.2 Å². The molecule has 5 rings (SSSR count). The van der Waals surface area contributed by atoms with E-state index in [1.807, 2.05) is 72.8 Å². The summed E-state index contributed by atoms with van der Waals surface area (Å²) in [6, 6.07) is 18.9. The summed E-state index contributed by atoms with van der Waals surface area (Å²) in [5.74, 6) is 1.08. The number of hydrogen-bond donors (Lipinski definition) is 1. The third kappa shape index (κ3) is 4.02. The first kappa shape index (κ1) is 19.7. The molecule has 0 saturated carbocycles. The monoisotopic (exact) mass is 448 g/mol. The van der Waals surface area contributed by atoms with E-state index in [0.717, 1.165) is 16.1 Å². The lowest BCUT2D eigenvalue weighted by atomic mass is 10.1. The van der Waals surface area contributed by atoms with Gasteiger partial charge in [0, 0.05) is 16.0 Å². The third-order valence-corrected chi connectivity index (χ3v) is 6.12. The van der Waals surface area contributed by atoms with Crippen LogP contribution in [0.2, 0.25) is 5.02 Å². The lowest BCUT2D eigenvalue weighted by Crippen LogP contribution is -2.52. The molecule has 154 valence electrons. The topological polar surface area (TPSA) is 70.2 Å². The van der Waals surface area contributed by atoms with Crippen LogP contribution in [0.4, 0.5) is 0 Å². The molecule has 6 nitrogen and oxygen atoms in total. The van der Waals surface area contributed by atoms with Crippen molar-refractivity contribution in [1.82, 2.24) is 10.3 Å². The van der Waals surface area contributed by atoms with Crippen molar-refractivity contribution in [2.24, 2.45) is 10.1 Å². The lowest BCUT2D eigenvalue weighted by molar-refractivity contribution is -0.116. The van der Waals surface area contributed by atoms with Crippen molar-refractivity contribution in [2.45, 2.75) is 11.9 Å². The molecule has 2 aromatic carbocycles.